The van der Waals surface area contributed by atoms with Crippen molar-refractivity contribution in [3.63, 3.8) is 0 Å². The number of ketones is 1. The van der Waals surface area contributed by atoms with Crippen molar-refractivity contribution in [2.45, 2.75) is 18.9 Å². The van der Waals surface area contributed by atoms with Crippen molar-refractivity contribution in [3.8, 4) is 0 Å². The van der Waals surface area contributed by atoms with E-state index in [-0.39, 0.29) is 11.9 Å². The molecule has 1 fully saturated rings. The van der Waals surface area contributed by atoms with E-state index in [4.69, 9.17) is 4.74 Å². The molecule has 0 aromatic heterocycles. The molecule has 2 heteroatoms. The van der Waals surface area contributed by atoms with E-state index < -0.39 is 0 Å². The topological polar surface area (TPSA) is 26.3 Å². The van der Waals surface area contributed by atoms with Gasteiger partial charge in [-0.2, -0.15) is 0 Å². The quantitative estimate of drug-likeness (QED) is 0.488. The highest BCUT2D eigenvalue weighted by Gasteiger charge is 2.16. The summed E-state index contributed by atoms with van der Waals surface area (Å²) in [5, 5.41) is 0. The van der Waals surface area contributed by atoms with Gasteiger partial charge < -0.3 is 4.74 Å². The standard InChI is InChI=1S/C7H10O2/c1-2-7-5-6(8)3-4-9-7/h2,7H,1,3-5H2. The SMILES string of the molecule is C=CC1CC(=O)CCO1. The van der Waals surface area contributed by atoms with Gasteiger partial charge in [0.2, 0.25) is 0 Å². The van der Waals surface area contributed by atoms with Crippen molar-refractivity contribution in [2.75, 3.05) is 6.61 Å². The Hall–Kier alpha value is -0.630. The summed E-state index contributed by atoms with van der Waals surface area (Å²) in [5.41, 5.74) is 0. The lowest BCUT2D eigenvalue weighted by molar-refractivity contribution is -0.126. The molecule has 0 N–H and O–H groups in total. The molecule has 1 heterocycles. The molecule has 1 atom stereocenters. The minimum atomic E-state index is -0.0220. The van der Waals surface area contributed by atoms with Gasteiger partial charge in [-0.3, -0.25) is 4.79 Å². The molecule has 0 radical (unpaired) electrons. The van der Waals surface area contributed by atoms with Crippen LogP contribution in [0.25, 0.3) is 0 Å². The first-order valence-corrected chi connectivity index (χ1v) is 3.09. The third kappa shape index (κ3) is 1.64. The molecular weight excluding hydrogens is 116 g/mol. The molecule has 2 nitrogen and oxygen atoms in total. The highest BCUT2D eigenvalue weighted by atomic mass is 16.5. The molecule has 0 aromatic rings. The molecule has 1 saturated heterocycles. The largest absolute Gasteiger partial charge is 0.373 e. The second kappa shape index (κ2) is 2.78. The summed E-state index contributed by atoms with van der Waals surface area (Å²) < 4.78 is 5.16. The summed E-state index contributed by atoms with van der Waals surface area (Å²) in [4.78, 5) is 10.7. The van der Waals surface area contributed by atoms with Gasteiger partial charge in [-0.1, -0.05) is 6.08 Å². The Kier molecular flexibility index (Phi) is 2.01. The smallest absolute Gasteiger partial charge is 0.138 e. The fraction of sp³-hybridized carbons (Fsp3) is 0.571. The fourth-order valence-corrected chi connectivity index (χ4v) is 0.861. The van der Waals surface area contributed by atoms with Crippen LogP contribution >= 0.6 is 0 Å². The zero-order chi connectivity index (χ0) is 6.69. The van der Waals surface area contributed by atoms with Gasteiger partial charge in [0.25, 0.3) is 0 Å². The number of hydrogen-bond donors (Lipinski definition) is 0. The van der Waals surface area contributed by atoms with Crippen LogP contribution in [-0.4, -0.2) is 18.5 Å². The lowest BCUT2D eigenvalue weighted by Gasteiger charge is -2.17. The van der Waals surface area contributed by atoms with Crippen molar-refractivity contribution in [1.82, 2.24) is 0 Å². The van der Waals surface area contributed by atoms with Gasteiger partial charge in [-0.25, -0.2) is 0 Å². The second-order valence-corrected chi connectivity index (χ2v) is 2.14. The summed E-state index contributed by atoms with van der Waals surface area (Å²) >= 11 is 0. The molecule has 0 saturated carbocycles. The van der Waals surface area contributed by atoms with Crippen LogP contribution in [0.2, 0.25) is 0 Å². The van der Waals surface area contributed by atoms with E-state index in [0.29, 0.717) is 19.4 Å². The maximum Gasteiger partial charge on any atom is 0.138 e. The zero-order valence-corrected chi connectivity index (χ0v) is 5.30. The van der Waals surface area contributed by atoms with E-state index in [9.17, 15) is 4.79 Å². The van der Waals surface area contributed by atoms with Crippen molar-refractivity contribution in [2.24, 2.45) is 0 Å². The molecule has 0 bridgehead atoms. The maximum absolute atomic E-state index is 10.7. The molecule has 1 unspecified atom stereocenters. The predicted octanol–water partition coefficient (Wildman–Crippen LogP) is 0.920. The van der Waals surface area contributed by atoms with Gasteiger partial charge in [-0.15, -0.1) is 6.58 Å². The van der Waals surface area contributed by atoms with Crippen LogP contribution in [0.5, 0.6) is 0 Å². The fourth-order valence-electron chi connectivity index (χ4n) is 0.861. The number of ether oxygens (including phenoxy) is 1. The van der Waals surface area contributed by atoms with Crippen molar-refractivity contribution in [3.05, 3.63) is 12.7 Å². The Morgan fingerprint density at radius 3 is 3.00 bits per heavy atom. The Bertz CT molecular complexity index is 129. The number of carbonyl (C=O) groups excluding carboxylic acids is 1. The van der Waals surface area contributed by atoms with Crippen molar-refractivity contribution < 1.29 is 9.53 Å². The van der Waals surface area contributed by atoms with E-state index in [2.05, 4.69) is 6.58 Å². The van der Waals surface area contributed by atoms with Crippen LogP contribution in [0.4, 0.5) is 0 Å². The Morgan fingerprint density at radius 1 is 1.78 bits per heavy atom. The van der Waals surface area contributed by atoms with Gasteiger partial charge in [0.15, 0.2) is 0 Å². The highest BCUT2D eigenvalue weighted by Crippen LogP contribution is 2.09. The van der Waals surface area contributed by atoms with Gasteiger partial charge >= 0.3 is 0 Å². The molecule has 1 aliphatic heterocycles. The van der Waals surface area contributed by atoms with Gasteiger partial charge in [0.1, 0.15) is 5.78 Å². The highest BCUT2D eigenvalue weighted by molar-refractivity contribution is 5.79. The normalized spacial score (nSPS) is 28.0. The van der Waals surface area contributed by atoms with Gasteiger partial charge in [0, 0.05) is 12.8 Å². The number of carbonyl (C=O) groups is 1. The number of Topliss-reactive ketones (excluding diaryl/α,β-unsaturated/α-hetero) is 1. The monoisotopic (exact) mass is 126 g/mol. The Morgan fingerprint density at radius 2 is 2.56 bits per heavy atom. The van der Waals surface area contributed by atoms with Crippen molar-refractivity contribution >= 4 is 5.78 Å². The number of hydrogen-bond acceptors (Lipinski definition) is 2. The molecule has 9 heavy (non-hydrogen) atoms. The molecule has 0 aliphatic carbocycles. The van der Waals surface area contributed by atoms with Crippen LogP contribution in [-0.2, 0) is 9.53 Å². The van der Waals surface area contributed by atoms with Gasteiger partial charge in [0.05, 0.1) is 12.7 Å². The summed E-state index contributed by atoms with van der Waals surface area (Å²) in [6.45, 7) is 4.11. The van der Waals surface area contributed by atoms with E-state index in [0.717, 1.165) is 0 Å². The van der Waals surface area contributed by atoms with E-state index >= 15 is 0 Å². The first-order valence-electron chi connectivity index (χ1n) is 3.09. The first kappa shape index (κ1) is 6.49. The minimum Gasteiger partial charge on any atom is -0.373 e. The average molecular weight is 126 g/mol. The molecule has 50 valence electrons. The van der Waals surface area contributed by atoms with E-state index in [1.807, 2.05) is 0 Å². The molecular formula is C7H10O2. The zero-order valence-electron chi connectivity index (χ0n) is 5.30. The summed E-state index contributed by atoms with van der Waals surface area (Å²) in [7, 11) is 0. The lowest BCUT2D eigenvalue weighted by atomic mass is 10.1. The van der Waals surface area contributed by atoms with Crippen LogP contribution in [0, 0.1) is 0 Å². The summed E-state index contributed by atoms with van der Waals surface area (Å²) in [6.07, 6.45) is 2.75. The van der Waals surface area contributed by atoms with E-state index in [1.54, 1.807) is 6.08 Å². The lowest BCUT2D eigenvalue weighted by Crippen LogP contribution is -2.23. The molecule has 0 aromatic carbocycles. The van der Waals surface area contributed by atoms with E-state index in [1.165, 1.54) is 0 Å². The molecule has 0 amide bonds. The Labute approximate surface area is 54.5 Å². The summed E-state index contributed by atoms with van der Waals surface area (Å²) in [5.74, 6) is 0.283. The second-order valence-electron chi connectivity index (χ2n) is 2.14. The third-order valence-electron chi connectivity index (χ3n) is 1.40. The molecule has 1 aliphatic rings. The molecule has 1 rings (SSSR count). The maximum atomic E-state index is 10.7. The number of rotatable bonds is 1. The average Bonchev–Trinajstić information content (AvgIpc) is 1.88. The Balaban J connectivity index is 2.40. The minimum absolute atomic E-state index is 0.0220. The third-order valence-corrected chi connectivity index (χ3v) is 1.40. The van der Waals surface area contributed by atoms with Crippen LogP contribution < -0.4 is 0 Å². The van der Waals surface area contributed by atoms with Gasteiger partial charge in [-0.05, 0) is 0 Å². The summed E-state index contributed by atoms with van der Waals surface area (Å²) in [6, 6.07) is 0. The van der Waals surface area contributed by atoms with Crippen LogP contribution in [0.3, 0.4) is 0 Å². The van der Waals surface area contributed by atoms with Crippen molar-refractivity contribution in [1.29, 1.82) is 0 Å². The first-order chi connectivity index (χ1) is 4.33. The predicted molar refractivity (Wildman–Crippen MR) is 34.2 cm³/mol. The molecule has 0 spiro atoms. The van der Waals surface area contributed by atoms with Crippen LogP contribution in [0.1, 0.15) is 12.8 Å². The van der Waals surface area contributed by atoms with Crippen LogP contribution in [0.15, 0.2) is 12.7 Å².